The van der Waals surface area contributed by atoms with E-state index in [4.69, 9.17) is 9.84 Å². The van der Waals surface area contributed by atoms with Gasteiger partial charge in [-0.15, -0.1) is 5.10 Å². The van der Waals surface area contributed by atoms with Crippen LogP contribution in [0.15, 0.2) is 12.3 Å². The van der Waals surface area contributed by atoms with Crippen LogP contribution in [0.5, 0.6) is 5.88 Å². The van der Waals surface area contributed by atoms with Crippen molar-refractivity contribution in [2.24, 2.45) is 5.92 Å². The molecule has 0 unspecified atom stereocenters. The number of aromatic nitrogens is 4. The fourth-order valence-electron chi connectivity index (χ4n) is 6.03. The van der Waals surface area contributed by atoms with Crippen LogP contribution in [0.25, 0.3) is 0 Å². The van der Waals surface area contributed by atoms with Crippen LogP contribution in [0.3, 0.4) is 0 Å². The molecule has 2 aromatic heterocycles. The van der Waals surface area contributed by atoms with Gasteiger partial charge in [-0.05, 0) is 83.1 Å². The lowest BCUT2D eigenvalue weighted by Gasteiger charge is -2.32. The second-order valence-corrected chi connectivity index (χ2v) is 10.7. The standard InChI is InChI=1S/C27H38N6O3/c1-18-10-14-28-30-26(18)36-22-8-6-20(7-9-22)11-17-33-24-5-3-4-23(24)25(31-33)27(35)32-15-12-21(13-16-32)29-19(2)34/h10,14,20-22H,3-9,11-13,15-17H2,1-2H3,(H,29,34). The van der Waals surface area contributed by atoms with Crippen molar-refractivity contribution in [1.82, 2.24) is 30.2 Å². The number of likely N-dealkylation sites (tertiary alicyclic amines) is 1. The molecule has 2 aliphatic carbocycles. The summed E-state index contributed by atoms with van der Waals surface area (Å²) in [5.74, 6) is 1.37. The number of fused-ring (bicyclic) bond motifs is 1. The maximum absolute atomic E-state index is 13.4. The molecule has 0 atom stereocenters. The normalized spacial score (nSPS) is 22.3. The van der Waals surface area contributed by atoms with E-state index in [0.717, 1.165) is 76.3 Å². The number of rotatable bonds is 7. The molecule has 2 amide bonds. The summed E-state index contributed by atoms with van der Waals surface area (Å²) in [6.07, 6.45) is 12.0. The molecule has 0 spiro atoms. The second kappa shape index (κ2) is 11.0. The first-order valence-corrected chi connectivity index (χ1v) is 13.6. The minimum Gasteiger partial charge on any atom is -0.473 e. The minimum atomic E-state index is -0.00190. The van der Waals surface area contributed by atoms with Crippen LogP contribution in [0.2, 0.25) is 0 Å². The van der Waals surface area contributed by atoms with Crippen LogP contribution in [0.1, 0.15) is 85.6 Å². The Balaban J connectivity index is 1.14. The maximum atomic E-state index is 13.4. The molecule has 3 aliphatic rings. The summed E-state index contributed by atoms with van der Waals surface area (Å²) in [5.41, 5.74) is 4.13. The van der Waals surface area contributed by atoms with Crippen molar-refractivity contribution in [2.75, 3.05) is 13.1 Å². The van der Waals surface area contributed by atoms with Crippen molar-refractivity contribution in [3.05, 3.63) is 34.8 Å². The van der Waals surface area contributed by atoms with Crippen LogP contribution in [-0.4, -0.2) is 61.9 Å². The van der Waals surface area contributed by atoms with E-state index >= 15 is 0 Å². The number of hydrogen-bond acceptors (Lipinski definition) is 6. The highest BCUT2D eigenvalue weighted by atomic mass is 16.5. The highest BCUT2D eigenvalue weighted by Crippen LogP contribution is 2.32. The van der Waals surface area contributed by atoms with Crippen LogP contribution in [0.4, 0.5) is 0 Å². The van der Waals surface area contributed by atoms with Crippen LogP contribution < -0.4 is 10.1 Å². The fourth-order valence-corrected chi connectivity index (χ4v) is 6.03. The molecule has 36 heavy (non-hydrogen) atoms. The third-order valence-electron chi connectivity index (χ3n) is 8.10. The molecular formula is C27H38N6O3. The van der Waals surface area contributed by atoms with Gasteiger partial charge in [0.2, 0.25) is 11.8 Å². The predicted molar refractivity (Wildman–Crippen MR) is 135 cm³/mol. The number of piperidine rings is 1. The van der Waals surface area contributed by atoms with E-state index < -0.39 is 0 Å². The summed E-state index contributed by atoms with van der Waals surface area (Å²) in [7, 11) is 0. The molecule has 1 saturated carbocycles. The zero-order valence-corrected chi connectivity index (χ0v) is 21.5. The van der Waals surface area contributed by atoms with Crippen LogP contribution in [0, 0.1) is 12.8 Å². The first-order chi connectivity index (χ1) is 17.5. The highest BCUT2D eigenvalue weighted by molar-refractivity contribution is 5.94. The van der Waals surface area contributed by atoms with Gasteiger partial charge in [-0.2, -0.15) is 10.2 Å². The molecule has 0 aromatic carbocycles. The van der Waals surface area contributed by atoms with Gasteiger partial charge in [-0.25, -0.2) is 0 Å². The number of amides is 2. The summed E-state index contributed by atoms with van der Waals surface area (Å²) in [6, 6.07) is 2.10. The van der Waals surface area contributed by atoms with E-state index in [9.17, 15) is 9.59 Å². The molecule has 0 bridgehead atoms. The fraction of sp³-hybridized carbons (Fsp3) is 0.667. The van der Waals surface area contributed by atoms with Crippen LogP contribution in [-0.2, 0) is 24.2 Å². The van der Waals surface area contributed by atoms with E-state index in [1.807, 2.05) is 17.9 Å². The van der Waals surface area contributed by atoms with Gasteiger partial charge in [-0.1, -0.05) is 0 Å². The number of hydrogen-bond donors (Lipinski definition) is 1. The quantitative estimate of drug-likeness (QED) is 0.634. The Morgan fingerprint density at radius 2 is 1.89 bits per heavy atom. The molecule has 0 radical (unpaired) electrons. The number of ether oxygens (including phenoxy) is 1. The van der Waals surface area contributed by atoms with Crippen molar-refractivity contribution >= 4 is 11.8 Å². The van der Waals surface area contributed by atoms with Gasteiger partial charge in [-0.3, -0.25) is 14.3 Å². The average Bonchev–Trinajstić information content (AvgIpc) is 3.48. The van der Waals surface area contributed by atoms with Crippen molar-refractivity contribution in [2.45, 2.75) is 96.7 Å². The van der Waals surface area contributed by atoms with Crippen molar-refractivity contribution in [1.29, 1.82) is 0 Å². The van der Waals surface area contributed by atoms with E-state index in [-0.39, 0.29) is 24.0 Å². The number of carbonyl (C=O) groups excluding carboxylic acids is 2. The maximum Gasteiger partial charge on any atom is 0.274 e. The minimum absolute atomic E-state index is 0.00190. The molecule has 9 heteroatoms. The summed E-state index contributed by atoms with van der Waals surface area (Å²) in [5, 5.41) is 15.9. The zero-order chi connectivity index (χ0) is 25.1. The Morgan fingerprint density at radius 3 is 2.61 bits per heavy atom. The Labute approximate surface area is 213 Å². The molecule has 1 saturated heterocycles. The second-order valence-electron chi connectivity index (χ2n) is 10.7. The first-order valence-electron chi connectivity index (χ1n) is 13.6. The van der Waals surface area contributed by atoms with E-state index in [2.05, 4.69) is 20.2 Å². The Hall–Kier alpha value is -2.97. The molecule has 2 fully saturated rings. The zero-order valence-electron chi connectivity index (χ0n) is 21.5. The number of nitrogens with one attached hydrogen (secondary N) is 1. The van der Waals surface area contributed by atoms with Gasteiger partial charge in [0.1, 0.15) is 6.10 Å². The lowest BCUT2D eigenvalue weighted by atomic mass is 9.85. The molecule has 2 aromatic rings. The van der Waals surface area contributed by atoms with Crippen molar-refractivity contribution in [3.8, 4) is 5.88 Å². The van der Waals surface area contributed by atoms with Crippen molar-refractivity contribution in [3.63, 3.8) is 0 Å². The molecule has 9 nitrogen and oxygen atoms in total. The third kappa shape index (κ3) is 5.55. The summed E-state index contributed by atoms with van der Waals surface area (Å²) in [6.45, 7) is 5.77. The van der Waals surface area contributed by atoms with E-state index in [0.29, 0.717) is 30.6 Å². The van der Waals surface area contributed by atoms with E-state index in [1.165, 1.54) is 11.3 Å². The van der Waals surface area contributed by atoms with Gasteiger partial charge in [0, 0.05) is 49.4 Å². The number of carbonyl (C=O) groups is 2. The molecule has 1 N–H and O–H groups in total. The average molecular weight is 495 g/mol. The molecule has 194 valence electrons. The Bertz CT molecular complexity index is 1080. The smallest absolute Gasteiger partial charge is 0.274 e. The largest absolute Gasteiger partial charge is 0.473 e. The summed E-state index contributed by atoms with van der Waals surface area (Å²) >= 11 is 0. The molecular weight excluding hydrogens is 456 g/mol. The summed E-state index contributed by atoms with van der Waals surface area (Å²) in [4.78, 5) is 26.6. The molecule has 3 heterocycles. The predicted octanol–water partition coefficient (Wildman–Crippen LogP) is 3.24. The first kappa shape index (κ1) is 24.7. The highest BCUT2D eigenvalue weighted by Gasteiger charge is 2.31. The lowest BCUT2D eigenvalue weighted by molar-refractivity contribution is -0.119. The lowest BCUT2D eigenvalue weighted by Crippen LogP contribution is -2.46. The third-order valence-corrected chi connectivity index (χ3v) is 8.10. The van der Waals surface area contributed by atoms with E-state index in [1.54, 1.807) is 13.1 Å². The monoisotopic (exact) mass is 494 g/mol. The van der Waals surface area contributed by atoms with Gasteiger partial charge in [0.25, 0.3) is 5.91 Å². The van der Waals surface area contributed by atoms with Crippen molar-refractivity contribution < 1.29 is 14.3 Å². The number of aryl methyl sites for hydroxylation is 2. The SMILES string of the molecule is CC(=O)NC1CCN(C(=O)c2nn(CCC3CCC(Oc4nnccc4C)CC3)c3c2CCC3)CC1. The van der Waals surface area contributed by atoms with Crippen LogP contribution >= 0.6 is 0 Å². The van der Waals surface area contributed by atoms with Gasteiger partial charge in [0.15, 0.2) is 5.69 Å². The molecule has 5 rings (SSSR count). The topological polar surface area (TPSA) is 102 Å². The summed E-state index contributed by atoms with van der Waals surface area (Å²) < 4.78 is 8.25. The Morgan fingerprint density at radius 1 is 1.11 bits per heavy atom. The van der Waals surface area contributed by atoms with Gasteiger partial charge < -0.3 is 15.0 Å². The number of nitrogens with zero attached hydrogens (tertiary/aromatic N) is 5. The van der Waals surface area contributed by atoms with Gasteiger partial charge in [0.05, 0.1) is 6.20 Å². The van der Waals surface area contributed by atoms with Gasteiger partial charge >= 0.3 is 0 Å². The Kier molecular flexibility index (Phi) is 7.53. The molecule has 1 aliphatic heterocycles.